The van der Waals surface area contributed by atoms with Crippen LogP contribution < -0.4 is 14.2 Å². The van der Waals surface area contributed by atoms with Gasteiger partial charge < -0.3 is 14.2 Å². The first-order valence-corrected chi connectivity index (χ1v) is 10.2. The molecule has 0 heterocycles. The predicted molar refractivity (Wildman–Crippen MR) is 126 cm³/mol. The van der Waals surface area contributed by atoms with Crippen molar-refractivity contribution in [3.05, 3.63) is 109 Å². The van der Waals surface area contributed by atoms with Gasteiger partial charge in [-0.25, -0.2) is 4.79 Å². The molecular formula is C28H20O4. The maximum atomic E-state index is 12.4. The molecule has 0 radical (unpaired) electrons. The van der Waals surface area contributed by atoms with E-state index in [1.54, 1.807) is 25.3 Å². The minimum Gasteiger partial charge on any atom is -0.497 e. The third-order valence-corrected chi connectivity index (χ3v) is 5.26. The highest BCUT2D eigenvalue weighted by atomic mass is 16.5. The molecule has 156 valence electrons. The van der Waals surface area contributed by atoms with E-state index in [0.29, 0.717) is 17.1 Å². The molecule has 0 saturated heterocycles. The van der Waals surface area contributed by atoms with Crippen LogP contribution in [0.2, 0.25) is 0 Å². The molecule has 0 atom stereocenters. The Labute approximate surface area is 185 Å². The number of rotatable bonds is 5. The van der Waals surface area contributed by atoms with Crippen LogP contribution in [0.4, 0.5) is 0 Å². The summed E-state index contributed by atoms with van der Waals surface area (Å²) in [6.07, 6.45) is 0. The van der Waals surface area contributed by atoms with Crippen LogP contribution in [0.3, 0.4) is 0 Å². The van der Waals surface area contributed by atoms with Gasteiger partial charge in [-0.15, -0.1) is 0 Å². The predicted octanol–water partition coefficient (Wildman–Crippen LogP) is 7.01. The van der Waals surface area contributed by atoms with Gasteiger partial charge in [0.05, 0.1) is 12.7 Å². The van der Waals surface area contributed by atoms with Gasteiger partial charge >= 0.3 is 5.97 Å². The van der Waals surface area contributed by atoms with Gasteiger partial charge in [-0.1, -0.05) is 42.5 Å². The Hall–Kier alpha value is -4.31. The first-order valence-electron chi connectivity index (χ1n) is 10.2. The van der Waals surface area contributed by atoms with Crippen LogP contribution >= 0.6 is 0 Å². The topological polar surface area (TPSA) is 44.8 Å². The van der Waals surface area contributed by atoms with E-state index in [9.17, 15) is 4.79 Å². The van der Waals surface area contributed by atoms with Crippen LogP contribution in [0.25, 0.3) is 21.5 Å². The number of carbonyl (C=O) groups is 1. The molecule has 0 aliphatic carbocycles. The largest absolute Gasteiger partial charge is 0.497 e. The second kappa shape index (κ2) is 8.44. The van der Waals surface area contributed by atoms with Gasteiger partial charge in [-0.3, -0.25) is 0 Å². The van der Waals surface area contributed by atoms with E-state index in [1.807, 2.05) is 84.9 Å². The molecule has 0 aliphatic heterocycles. The second-order valence-electron chi connectivity index (χ2n) is 7.40. The molecule has 0 saturated carbocycles. The summed E-state index contributed by atoms with van der Waals surface area (Å²) in [7, 11) is 1.65. The summed E-state index contributed by atoms with van der Waals surface area (Å²) in [5.74, 6) is 2.34. The van der Waals surface area contributed by atoms with Crippen molar-refractivity contribution in [2.45, 2.75) is 0 Å². The second-order valence-corrected chi connectivity index (χ2v) is 7.40. The van der Waals surface area contributed by atoms with E-state index in [0.717, 1.165) is 33.0 Å². The Kier molecular flexibility index (Phi) is 5.18. The van der Waals surface area contributed by atoms with Gasteiger partial charge in [0.1, 0.15) is 23.0 Å². The summed E-state index contributed by atoms with van der Waals surface area (Å²) in [4.78, 5) is 12.4. The molecule has 0 spiro atoms. The number of hydrogen-bond acceptors (Lipinski definition) is 4. The number of benzene rings is 5. The number of fused-ring (bicyclic) bond motifs is 2. The maximum Gasteiger partial charge on any atom is 0.343 e. The molecule has 0 unspecified atom stereocenters. The van der Waals surface area contributed by atoms with Crippen molar-refractivity contribution < 1.29 is 19.0 Å². The van der Waals surface area contributed by atoms with Crippen molar-refractivity contribution in [1.29, 1.82) is 0 Å². The molecule has 5 aromatic carbocycles. The fraction of sp³-hybridized carbons (Fsp3) is 0.0357. The van der Waals surface area contributed by atoms with Crippen molar-refractivity contribution in [3.8, 4) is 23.0 Å². The van der Waals surface area contributed by atoms with Crippen LogP contribution in [0.15, 0.2) is 103 Å². The molecule has 4 nitrogen and oxygen atoms in total. The Bertz CT molecular complexity index is 1420. The van der Waals surface area contributed by atoms with Crippen LogP contribution in [0.5, 0.6) is 23.0 Å². The molecule has 0 N–H and O–H groups in total. The van der Waals surface area contributed by atoms with Crippen LogP contribution in [0.1, 0.15) is 10.4 Å². The molecule has 0 amide bonds. The summed E-state index contributed by atoms with van der Waals surface area (Å²) < 4.78 is 17.0. The molecular weight excluding hydrogens is 400 g/mol. The van der Waals surface area contributed by atoms with E-state index in [4.69, 9.17) is 14.2 Å². The molecule has 0 fully saturated rings. The summed E-state index contributed by atoms with van der Waals surface area (Å²) in [5.41, 5.74) is 0.512. The highest BCUT2D eigenvalue weighted by molar-refractivity contribution is 5.92. The Morgan fingerprint density at radius 3 is 1.66 bits per heavy atom. The van der Waals surface area contributed by atoms with Gasteiger partial charge in [0.15, 0.2) is 0 Å². The Morgan fingerprint density at radius 2 is 1.06 bits per heavy atom. The third kappa shape index (κ3) is 4.12. The van der Waals surface area contributed by atoms with Crippen molar-refractivity contribution in [3.63, 3.8) is 0 Å². The van der Waals surface area contributed by atoms with Crippen molar-refractivity contribution in [1.82, 2.24) is 0 Å². The normalized spacial score (nSPS) is 10.8. The maximum absolute atomic E-state index is 12.4. The lowest BCUT2D eigenvalue weighted by atomic mass is 10.1. The standard InChI is InChI=1S/C28H20O4/c1-30-24-11-7-19-8-12-25(16-22(19)15-24)31-26-13-9-20-10-14-27(18-23(20)17-26)32-28(29)21-5-3-2-4-6-21/h2-18H,1H3. The van der Waals surface area contributed by atoms with Gasteiger partial charge in [0.2, 0.25) is 0 Å². The molecule has 0 bridgehead atoms. The fourth-order valence-electron chi connectivity index (χ4n) is 3.60. The van der Waals surface area contributed by atoms with E-state index in [2.05, 4.69) is 0 Å². The first-order chi connectivity index (χ1) is 15.7. The van der Waals surface area contributed by atoms with Gasteiger partial charge in [0, 0.05) is 0 Å². The van der Waals surface area contributed by atoms with Gasteiger partial charge in [-0.05, 0) is 82.2 Å². The lowest BCUT2D eigenvalue weighted by molar-refractivity contribution is 0.0735. The fourth-order valence-corrected chi connectivity index (χ4v) is 3.60. The van der Waals surface area contributed by atoms with Crippen LogP contribution in [0, 0.1) is 0 Å². The van der Waals surface area contributed by atoms with E-state index in [1.165, 1.54) is 0 Å². The molecule has 0 aromatic heterocycles. The zero-order valence-corrected chi connectivity index (χ0v) is 17.4. The highest BCUT2D eigenvalue weighted by Gasteiger charge is 2.09. The van der Waals surface area contributed by atoms with Crippen LogP contribution in [-0.4, -0.2) is 13.1 Å². The van der Waals surface area contributed by atoms with Crippen LogP contribution in [-0.2, 0) is 0 Å². The smallest absolute Gasteiger partial charge is 0.343 e. The number of ether oxygens (including phenoxy) is 3. The molecule has 5 aromatic rings. The minimum atomic E-state index is -0.385. The van der Waals surface area contributed by atoms with E-state index < -0.39 is 0 Å². The monoisotopic (exact) mass is 420 g/mol. The summed E-state index contributed by atoms with van der Waals surface area (Å²) in [5, 5.41) is 4.10. The number of hydrogen-bond donors (Lipinski definition) is 0. The Balaban J connectivity index is 1.40. The first kappa shape index (κ1) is 19.6. The zero-order chi connectivity index (χ0) is 21.9. The molecule has 5 rings (SSSR count). The SMILES string of the molecule is COc1ccc2ccc(Oc3ccc4ccc(OC(=O)c5ccccc5)cc4c3)cc2c1. The van der Waals surface area contributed by atoms with Gasteiger partial charge in [-0.2, -0.15) is 0 Å². The lowest BCUT2D eigenvalue weighted by Gasteiger charge is -2.10. The highest BCUT2D eigenvalue weighted by Crippen LogP contribution is 2.31. The van der Waals surface area contributed by atoms with Gasteiger partial charge in [0.25, 0.3) is 0 Å². The van der Waals surface area contributed by atoms with E-state index in [-0.39, 0.29) is 5.97 Å². The molecule has 32 heavy (non-hydrogen) atoms. The average Bonchev–Trinajstić information content (AvgIpc) is 2.84. The average molecular weight is 420 g/mol. The zero-order valence-electron chi connectivity index (χ0n) is 17.4. The molecule has 0 aliphatic rings. The van der Waals surface area contributed by atoms with Crippen molar-refractivity contribution >= 4 is 27.5 Å². The Morgan fingerprint density at radius 1 is 0.562 bits per heavy atom. The quantitative estimate of drug-likeness (QED) is 0.227. The lowest BCUT2D eigenvalue weighted by Crippen LogP contribution is -2.07. The minimum absolute atomic E-state index is 0.385. The summed E-state index contributed by atoms with van der Waals surface area (Å²) >= 11 is 0. The van der Waals surface area contributed by atoms with Crippen molar-refractivity contribution in [2.75, 3.05) is 7.11 Å². The third-order valence-electron chi connectivity index (χ3n) is 5.26. The number of methoxy groups -OCH3 is 1. The van der Waals surface area contributed by atoms with Crippen molar-refractivity contribution in [2.24, 2.45) is 0 Å². The molecule has 4 heteroatoms. The summed E-state index contributed by atoms with van der Waals surface area (Å²) in [6, 6.07) is 32.2. The number of esters is 1. The van der Waals surface area contributed by atoms with E-state index >= 15 is 0 Å². The number of carbonyl (C=O) groups excluding carboxylic acids is 1. The summed E-state index contributed by atoms with van der Waals surface area (Å²) in [6.45, 7) is 0.